The highest BCUT2D eigenvalue weighted by atomic mass is 16.6. The van der Waals surface area contributed by atoms with Crippen LogP contribution in [0.15, 0.2) is 12.2 Å². The first-order chi connectivity index (χ1) is 13.9. The third kappa shape index (κ3) is 3.96. The minimum absolute atomic E-state index is 0.0383. The highest BCUT2D eigenvalue weighted by Crippen LogP contribution is 2.56. The first-order valence-corrected chi connectivity index (χ1v) is 11.6. The molecule has 1 saturated carbocycles. The van der Waals surface area contributed by atoms with E-state index in [4.69, 9.17) is 9.47 Å². The molecule has 2 saturated heterocycles. The van der Waals surface area contributed by atoms with Crippen LogP contribution < -0.4 is 0 Å². The fourth-order valence-electron chi connectivity index (χ4n) is 6.07. The number of carbonyl (C=O) groups is 1. The van der Waals surface area contributed by atoms with E-state index in [0.717, 1.165) is 18.4 Å². The average molecular weight is 425 g/mol. The molecule has 3 rings (SSSR count). The van der Waals surface area contributed by atoms with E-state index in [0.29, 0.717) is 31.1 Å². The molecule has 2 heterocycles. The Morgan fingerprint density at radius 1 is 1.30 bits per heavy atom. The maximum absolute atomic E-state index is 12.5. The molecular formula is C24H40O6. The monoisotopic (exact) mass is 424 g/mol. The molecule has 0 unspecified atom stereocenters. The second-order valence-electron chi connectivity index (χ2n) is 10.5. The van der Waals surface area contributed by atoms with E-state index >= 15 is 0 Å². The van der Waals surface area contributed by atoms with Gasteiger partial charge in [0.2, 0.25) is 0 Å². The summed E-state index contributed by atoms with van der Waals surface area (Å²) < 4.78 is 12.5. The van der Waals surface area contributed by atoms with Crippen LogP contribution >= 0.6 is 0 Å². The predicted octanol–water partition coefficient (Wildman–Crippen LogP) is 2.98. The van der Waals surface area contributed by atoms with Gasteiger partial charge in [-0.1, -0.05) is 32.9 Å². The molecule has 3 aliphatic rings. The number of fused-ring (bicyclic) bond motifs is 5. The lowest BCUT2D eigenvalue weighted by atomic mass is 9.60. The van der Waals surface area contributed by atoms with Crippen molar-refractivity contribution in [1.29, 1.82) is 0 Å². The zero-order chi connectivity index (χ0) is 22.4. The van der Waals surface area contributed by atoms with Crippen LogP contribution in [0.3, 0.4) is 0 Å². The SMILES string of the molecule is C=C1CC[C@H](C(C)C)[C@@H]2[C@H]1[C@@H]1O[C@H]2[C@](C)(OC(=O)CCC)CC[C@H](O)[C@@](C)(O)[C@H]1O. The Hall–Kier alpha value is -0.950. The Morgan fingerprint density at radius 3 is 2.57 bits per heavy atom. The lowest BCUT2D eigenvalue weighted by Gasteiger charge is -2.46. The second-order valence-corrected chi connectivity index (χ2v) is 10.5. The van der Waals surface area contributed by atoms with E-state index in [-0.39, 0.29) is 24.2 Å². The normalized spacial score (nSPS) is 46.7. The van der Waals surface area contributed by atoms with Crippen molar-refractivity contribution < 1.29 is 29.6 Å². The van der Waals surface area contributed by atoms with Gasteiger partial charge in [-0.25, -0.2) is 0 Å². The summed E-state index contributed by atoms with van der Waals surface area (Å²) in [7, 11) is 0. The highest BCUT2D eigenvalue weighted by molar-refractivity contribution is 5.69. The third-order valence-electron chi connectivity index (χ3n) is 7.94. The molecule has 0 spiro atoms. The highest BCUT2D eigenvalue weighted by Gasteiger charge is 2.62. The second kappa shape index (κ2) is 8.53. The summed E-state index contributed by atoms with van der Waals surface area (Å²) in [5, 5.41) is 32.9. The minimum Gasteiger partial charge on any atom is -0.457 e. The van der Waals surface area contributed by atoms with Crippen molar-refractivity contribution in [1.82, 2.24) is 0 Å². The molecule has 1 aliphatic carbocycles. The summed E-state index contributed by atoms with van der Waals surface area (Å²) in [6.45, 7) is 14.0. The zero-order valence-electron chi connectivity index (χ0n) is 19.1. The molecule has 0 radical (unpaired) electrons. The van der Waals surface area contributed by atoms with Crippen molar-refractivity contribution >= 4 is 5.97 Å². The van der Waals surface area contributed by atoms with Crippen LogP contribution in [0, 0.1) is 23.7 Å². The van der Waals surface area contributed by atoms with Gasteiger partial charge in [0.05, 0.1) is 12.2 Å². The molecule has 172 valence electrons. The summed E-state index contributed by atoms with van der Waals surface area (Å²) in [6, 6.07) is 0. The van der Waals surface area contributed by atoms with E-state index in [2.05, 4.69) is 20.4 Å². The Kier molecular flexibility index (Phi) is 6.74. The molecule has 3 N–H and O–H groups in total. The smallest absolute Gasteiger partial charge is 0.306 e. The third-order valence-corrected chi connectivity index (χ3v) is 7.94. The van der Waals surface area contributed by atoms with Crippen molar-refractivity contribution in [3.05, 3.63) is 12.2 Å². The van der Waals surface area contributed by atoms with E-state index in [9.17, 15) is 20.1 Å². The van der Waals surface area contributed by atoms with E-state index in [1.54, 1.807) is 0 Å². The van der Waals surface area contributed by atoms with E-state index in [1.807, 2.05) is 13.8 Å². The summed E-state index contributed by atoms with van der Waals surface area (Å²) in [5.74, 6) is 0.349. The number of carbonyl (C=O) groups excluding carboxylic acids is 1. The van der Waals surface area contributed by atoms with Gasteiger partial charge in [-0.3, -0.25) is 4.79 Å². The lowest BCUT2D eigenvalue weighted by Crippen LogP contribution is -2.57. The topological polar surface area (TPSA) is 96.2 Å². The zero-order valence-corrected chi connectivity index (χ0v) is 19.1. The van der Waals surface area contributed by atoms with Gasteiger partial charge in [-0.05, 0) is 57.8 Å². The molecule has 9 atom stereocenters. The van der Waals surface area contributed by atoms with Crippen molar-refractivity contribution in [3.8, 4) is 0 Å². The first kappa shape index (κ1) is 23.7. The fraction of sp³-hybridized carbons (Fsp3) is 0.875. The number of aliphatic hydroxyl groups excluding tert-OH is 2. The van der Waals surface area contributed by atoms with Gasteiger partial charge in [0.25, 0.3) is 0 Å². The summed E-state index contributed by atoms with van der Waals surface area (Å²) >= 11 is 0. The quantitative estimate of drug-likeness (QED) is 0.474. The van der Waals surface area contributed by atoms with Gasteiger partial charge in [-0.15, -0.1) is 0 Å². The molecule has 0 amide bonds. The standard InChI is InChI=1S/C24H40O6/c1-7-8-17(26)30-23(5)12-11-16(25)24(6,28)21(27)20-18-14(4)9-10-15(13(2)3)19(18)22(23)29-20/h13,15-16,18-22,25,27-28H,4,7-12H2,1-3,5-6H3/t15-,16+,18+,19-,20+,21+,22-,23-,24-/m1/s1. The van der Waals surface area contributed by atoms with Crippen molar-refractivity contribution in [2.24, 2.45) is 23.7 Å². The van der Waals surface area contributed by atoms with Crippen LogP contribution in [-0.2, 0) is 14.3 Å². The van der Waals surface area contributed by atoms with Crippen LogP contribution in [0.25, 0.3) is 0 Å². The molecule has 0 aromatic carbocycles. The molecule has 2 bridgehead atoms. The maximum atomic E-state index is 12.5. The summed E-state index contributed by atoms with van der Waals surface area (Å²) in [6.07, 6.45) is -0.133. The van der Waals surface area contributed by atoms with Crippen molar-refractivity contribution in [2.75, 3.05) is 0 Å². The fourth-order valence-corrected chi connectivity index (χ4v) is 6.07. The molecular weight excluding hydrogens is 384 g/mol. The number of ether oxygens (including phenoxy) is 2. The predicted molar refractivity (Wildman–Crippen MR) is 114 cm³/mol. The van der Waals surface area contributed by atoms with Crippen LogP contribution in [0.1, 0.15) is 73.1 Å². The number of hydrogen-bond donors (Lipinski definition) is 3. The van der Waals surface area contributed by atoms with Crippen LogP contribution in [0.5, 0.6) is 0 Å². The van der Waals surface area contributed by atoms with E-state index < -0.39 is 35.6 Å². The van der Waals surface area contributed by atoms with E-state index in [1.165, 1.54) is 6.92 Å². The maximum Gasteiger partial charge on any atom is 0.306 e. The average Bonchev–Trinajstić information content (AvgIpc) is 3.07. The molecule has 6 nitrogen and oxygen atoms in total. The van der Waals surface area contributed by atoms with Crippen LogP contribution in [-0.4, -0.2) is 56.9 Å². The first-order valence-electron chi connectivity index (χ1n) is 11.6. The molecule has 0 aromatic heterocycles. The van der Waals surface area contributed by atoms with Gasteiger partial charge < -0.3 is 24.8 Å². The van der Waals surface area contributed by atoms with Crippen LogP contribution in [0.2, 0.25) is 0 Å². The molecule has 6 heteroatoms. The number of rotatable bonds is 4. The molecule has 3 fully saturated rings. The number of aliphatic hydroxyl groups is 3. The van der Waals surface area contributed by atoms with Crippen LogP contribution in [0.4, 0.5) is 0 Å². The largest absolute Gasteiger partial charge is 0.457 e. The Balaban J connectivity index is 2.09. The summed E-state index contributed by atoms with van der Waals surface area (Å²) in [5.41, 5.74) is -1.67. The lowest BCUT2D eigenvalue weighted by molar-refractivity contribution is -0.191. The molecule has 30 heavy (non-hydrogen) atoms. The van der Waals surface area contributed by atoms with Crippen molar-refractivity contribution in [3.63, 3.8) is 0 Å². The molecule has 0 aromatic rings. The summed E-state index contributed by atoms with van der Waals surface area (Å²) in [4.78, 5) is 12.5. The van der Waals surface area contributed by atoms with Gasteiger partial charge in [0, 0.05) is 18.3 Å². The Labute approximate surface area is 180 Å². The number of esters is 1. The van der Waals surface area contributed by atoms with Gasteiger partial charge in [0.15, 0.2) is 0 Å². The minimum atomic E-state index is -1.73. The van der Waals surface area contributed by atoms with Crippen molar-refractivity contribution in [2.45, 2.75) is 109 Å². The Bertz CT molecular complexity index is 658. The number of hydrogen-bond acceptors (Lipinski definition) is 6. The van der Waals surface area contributed by atoms with Gasteiger partial charge in [0.1, 0.15) is 23.4 Å². The Morgan fingerprint density at radius 2 is 1.97 bits per heavy atom. The molecule has 2 aliphatic heterocycles. The van der Waals surface area contributed by atoms with Gasteiger partial charge in [-0.2, -0.15) is 0 Å². The van der Waals surface area contributed by atoms with Gasteiger partial charge >= 0.3 is 5.97 Å².